The van der Waals surface area contributed by atoms with E-state index in [2.05, 4.69) is 21.2 Å². The summed E-state index contributed by atoms with van der Waals surface area (Å²) in [6.07, 6.45) is 7.11. The van der Waals surface area contributed by atoms with Gasteiger partial charge in [-0.1, -0.05) is 5.92 Å². The maximum absolute atomic E-state index is 15.1. The molecular weight excluding hydrogens is 478 g/mol. The van der Waals surface area contributed by atoms with E-state index in [1.807, 2.05) is 0 Å². The molecule has 3 N–H and O–H groups in total. The summed E-state index contributed by atoms with van der Waals surface area (Å²) in [4.78, 5) is 21.1. The summed E-state index contributed by atoms with van der Waals surface area (Å²) in [7, 11) is -4.11. The van der Waals surface area contributed by atoms with E-state index in [0.29, 0.717) is 12.2 Å². The number of aromatic nitrogens is 1. The highest BCUT2D eigenvalue weighted by atomic mass is 32.2. The van der Waals surface area contributed by atoms with Crippen molar-refractivity contribution in [3.8, 4) is 18.1 Å². The van der Waals surface area contributed by atoms with Crippen LogP contribution in [0.15, 0.2) is 41.5 Å². The van der Waals surface area contributed by atoms with Gasteiger partial charge in [-0.3, -0.25) is 9.79 Å². The van der Waals surface area contributed by atoms with E-state index in [9.17, 15) is 17.6 Å². The molecule has 11 heteroatoms. The van der Waals surface area contributed by atoms with Gasteiger partial charge in [-0.25, -0.2) is 22.2 Å². The number of fused-ring (bicyclic) bond motifs is 2. The Bertz CT molecular complexity index is 1340. The number of pyridine rings is 1. The SMILES string of the molecule is C#CCOc1ccc(C(=O)Nc2ccc(F)c(C3(C)N=C(N)C4(CF)CCCC3S4(=O)=O)c2)nc1. The number of carbonyl (C=O) groups is 1. The highest BCUT2D eigenvalue weighted by Crippen LogP contribution is 2.50. The van der Waals surface area contributed by atoms with E-state index in [-0.39, 0.29) is 42.2 Å². The van der Waals surface area contributed by atoms with Gasteiger partial charge in [0.15, 0.2) is 14.6 Å². The van der Waals surface area contributed by atoms with Crippen LogP contribution in [0.1, 0.15) is 42.2 Å². The number of alkyl halides is 1. The van der Waals surface area contributed by atoms with Crippen LogP contribution in [0.5, 0.6) is 5.75 Å². The van der Waals surface area contributed by atoms with E-state index in [0.717, 1.165) is 6.07 Å². The number of nitrogens with zero attached hydrogens (tertiary/aromatic N) is 2. The molecule has 3 atom stereocenters. The minimum atomic E-state index is -4.11. The Labute approximate surface area is 201 Å². The molecule has 4 rings (SSSR count). The number of ether oxygens (including phenoxy) is 1. The number of halogens is 2. The van der Waals surface area contributed by atoms with Crippen LogP contribution in [0.2, 0.25) is 0 Å². The van der Waals surface area contributed by atoms with Gasteiger partial charge in [0.05, 0.1) is 11.4 Å². The molecule has 184 valence electrons. The zero-order valence-corrected chi connectivity index (χ0v) is 19.7. The zero-order chi connectivity index (χ0) is 25.4. The van der Waals surface area contributed by atoms with Crippen molar-refractivity contribution in [3.63, 3.8) is 0 Å². The molecular formula is C24H24F2N4O4S. The Balaban J connectivity index is 1.67. The Morgan fingerprint density at radius 1 is 1.37 bits per heavy atom. The van der Waals surface area contributed by atoms with Gasteiger partial charge in [-0.05, 0) is 56.5 Å². The fourth-order valence-electron chi connectivity index (χ4n) is 4.78. The number of amidine groups is 1. The lowest BCUT2D eigenvalue weighted by Gasteiger charge is -2.49. The van der Waals surface area contributed by atoms with Crippen molar-refractivity contribution in [2.45, 2.75) is 41.7 Å². The predicted molar refractivity (Wildman–Crippen MR) is 127 cm³/mol. The highest BCUT2D eigenvalue weighted by molar-refractivity contribution is 7.94. The van der Waals surface area contributed by atoms with Crippen molar-refractivity contribution < 1.29 is 26.7 Å². The minimum absolute atomic E-state index is 0.0336. The third-order valence-corrected chi connectivity index (χ3v) is 9.74. The lowest BCUT2D eigenvalue weighted by Crippen LogP contribution is -2.65. The summed E-state index contributed by atoms with van der Waals surface area (Å²) in [6.45, 7) is 0.339. The van der Waals surface area contributed by atoms with E-state index in [1.165, 1.54) is 37.4 Å². The lowest BCUT2D eigenvalue weighted by molar-refractivity contribution is 0.102. The molecule has 0 spiro atoms. The standard InChI is InChI=1S/C24H24F2N4O4S/c1-3-11-34-16-7-9-19(28-13-16)21(31)29-15-6-8-18(26)17(12-15)23(2)20-5-4-10-24(14-25,22(27)30-23)35(20,32)33/h1,6-9,12-13,20H,4-5,10-11,14H2,2H3,(H2,27,30)(H,29,31). The molecule has 1 saturated heterocycles. The maximum atomic E-state index is 15.1. The smallest absolute Gasteiger partial charge is 0.274 e. The van der Waals surface area contributed by atoms with E-state index in [1.54, 1.807) is 0 Å². The minimum Gasteiger partial charge on any atom is -0.479 e. The summed E-state index contributed by atoms with van der Waals surface area (Å²) in [5, 5.41) is 1.46. The zero-order valence-electron chi connectivity index (χ0n) is 18.9. The fraction of sp³-hybridized carbons (Fsp3) is 0.375. The molecule has 3 unspecified atom stereocenters. The van der Waals surface area contributed by atoms with Gasteiger partial charge in [-0.15, -0.1) is 6.42 Å². The third-order valence-electron chi connectivity index (χ3n) is 6.69. The van der Waals surface area contributed by atoms with Crippen molar-refractivity contribution in [2.75, 3.05) is 18.6 Å². The predicted octanol–water partition coefficient (Wildman–Crippen LogP) is 2.75. The molecule has 1 fully saturated rings. The first kappa shape index (κ1) is 24.6. The fourth-order valence-corrected chi connectivity index (χ4v) is 7.50. The van der Waals surface area contributed by atoms with Gasteiger partial charge in [0, 0.05) is 11.3 Å². The van der Waals surface area contributed by atoms with Gasteiger partial charge >= 0.3 is 0 Å². The van der Waals surface area contributed by atoms with E-state index >= 15 is 4.39 Å². The molecule has 35 heavy (non-hydrogen) atoms. The number of sulfone groups is 1. The number of nitrogens with two attached hydrogens (primary N) is 1. The number of carbonyl (C=O) groups excluding carboxylic acids is 1. The van der Waals surface area contributed by atoms with Crippen LogP contribution in [0.25, 0.3) is 0 Å². The number of anilines is 1. The number of rotatable bonds is 6. The Kier molecular flexibility index (Phi) is 6.27. The number of nitrogens with one attached hydrogen (secondary N) is 1. The van der Waals surface area contributed by atoms with Gasteiger partial charge in [-0.2, -0.15) is 0 Å². The summed E-state index contributed by atoms with van der Waals surface area (Å²) in [5.74, 6) is 1.05. The van der Waals surface area contributed by atoms with Gasteiger partial charge < -0.3 is 15.8 Å². The molecule has 1 aromatic carbocycles. The van der Waals surface area contributed by atoms with Crippen LogP contribution < -0.4 is 15.8 Å². The number of aliphatic imine (C=N–C) groups is 1. The molecule has 0 radical (unpaired) electrons. The highest BCUT2D eigenvalue weighted by Gasteiger charge is 2.63. The molecule has 2 aromatic rings. The summed E-state index contributed by atoms with van der Waals surface area (Å²) >= 11 is 0. The molecule has 2 bridgehead atoms. The molecule has 2 aliphatic rings. The third kappa shape index (κ3) is 3.91. The first-order chi connectivity index (χ1) is 16.6. The first-order valence-electron chi connectivity index (χ1n) is 10.9. The molecule has 2 aliphatic heterocycles. The van der Waals surface area contributed by atoms with Crippen LogP contribution in [0, 0.1) is 18.2 Å². The average molecular weight is 503 g/mol. The number of hydrogen-bond acceptors (Lipinski definition) is 7. The van der Waals surface area contributed by atoms with Crippen molar-refractivity contribution >= 4 is 27.3 Å². The Morgan fingerprint density at radius 3 is 2.80 bits per heavy atom. The molecule has 1 aromatic heterocycles. The number of benzene rings is 1. The average Bonchev–Trinajstić information content (AvgIpc) is 2.82. The summed E-state index contributed by atoms with van der Waals surface area (Å²) < 4.78 is 59.1. The van der Waals surface area contributed by atoms with Crippen LogP contribution in [0.4, 0.5) is 14.5 Å². The quantitative estimate of drug-likeness (QED) is 0.586. The van der Waals surface area contributed by atoms with Gasteiger partial charge in [0.1, 0.15) is 41.9 Å². The van der Waals surface area contributed by atoms with Crippen molar-refractivity contribution in [1.82, 2.24) is 4.98 Å². The van der Waals surface area contributed by atoms with Crippen molar-refractivity contribution in [1.29, 1.82) is 0 Å². The lowest BCUT2D eigenvalue weighted by atomic mass is 9.82. The maximum Gasteiger partial charge on any atom is 0.274 e. The van der Waals surface area contributed by atoms with Gasteiger partial charge in [0.2, 0.25) is 0 Å². The monoisotopic (exact) mass is 502 g/mol. The second-order valence-corrected chi connectivity index (χ2v) is 11.2. The number of amides is 1. The molecule has 0 saturated carbocycles. The van der Waals surface area contributed by atoms with Crippen LogP contribution >= 0.6 is 0 Å². The topological polar surface area (TPSA) is 124 Å². The second-order valence-electron chi connectivity index (χ2n) is 8.72. The second kappa shape index (κ2) is 8.92. The van der Waals surface area contributed by atoms with Crippen LogP contribution in [-0.2, 0) is 15.4 Å². The van der Waals surface area contributed by atoms with Crippen LogP contribution in [-0.4, -0.2) is 48.4 Å². The number of hydrogen-bond donors (Lipinski definition) is 2. The Morgan fingerprint density at radius 2 is 2.14 bits per heavy atom. The van der Waals surface area contributed by atoms with E-state index < -0.39 is 43.8 Å². The Hall–Kier alpha value is -3.52. The first-order valence-corrected chi connectivity index (χ1v) is 12.4. The summed E-state index contributed by atoms with van der Waals surface area (Å²) in [6, 6.07) is 6.73. The van der Waals surface area contributed by atoms with Crippen molar-refractivity contribution in [3.05, 3.63) is 53.6 Å². The molecule has 1 amide bonds. The normalized spacial score (nSPS) is 26.8. The van der Waals surface area contributed by atoms with Crippen LogP contribution in [0.3, 0.4) is 0 Å². The number of terminal acetylenes is 1. The molecule has 0 aliphatic carbocycles. The van der Waals surface area contributed by atoms with Crippen molar-refractivity contribution in [2.24, 2.45) is 10.7 Å². The summed E-state index contributed by atoms with van der Waals surface area (Å²) in [5.41, 5.74) is 4.63. The molecule has 3 heterocycles. The largest absolute Gasteiger partial charge is 0.479 e. The molecule has 8 nitrogen and oxygen atoms in total. The van der Waals surface area contributed by atoms with E-state index in [4.69, 9.17) is 16.9 Å². The van der Waals surface area contributed by atoms with Gasteiger partial charge in [0.25, 0.3) is 5.91 Å².